The first-order valence-electron chi connectivity index (χ1n) is 11.5. The van der Waals surface area contributed by atoms with Crippen molar-refractivity contribution >= 4 is 17.5 Å². The number of oxazole rings is 1. The van der Waals surface area contributed by atoms with Crippen LogP contribution in [0, 0.1) is 20.8 Å². The van der Waals surface area contributed by atoms with Gasteiger partial charge in [-0.25, -0.2) is 4.98 Å². The average Bonchev–Trinajstić information content (AvgIpc) is 3.42. The molecule has 0 radical (unpaired) electrons. The molecule has 0 aliphatic carbocycles. The van der Waals surface area contributed by atoms with Crippen LogP contribution in [0.2, 0.25) is 0 Å². The van der Waals surface area contributed by atoms with Gasteiger partial charge in [-0.05, 0) is 51.1 Å². The van der Waals surface area contributed by atoms with E-state index in [4.69, 9.17) is 18.3 Å². The fourth-order valence-electron chi connectivity index (χ4n) is 3.97. The molecule has 0 unspecified atom stereocenters. The standard InChI is InChI=1S/C27H25N3O6/c1-15-12-19(16(2)34-15)25(31)29-20-9-5-4-8-18(20)27-30-21(17(3)35-27)13-28-26(32)24-14-33-22-10-6-7-11-23(22)36-24/h4-12,24H,13-14H2,1-3H3,(H,28,32)(H,29,31)/t24-/m0/s1. The topological polar surface area (TPSA) is 116 Å². The summed E-state index contributed by atoms with van der Waals surface area (Å²) in [4.78, 5) is 30.1. The van der Waals surface area contributed by atoms with E-state index < -0.39 is 6.10 Å². The van der Waals surface area contributed by atoms with Crippen molar-refractivity contribution in [1.29, 1.82) is 0 Å². The van der Waals surface area contributed by atoms with Crippen LogP contribution in [-0.2, 0) is 11.3 Å². The summed E-state index contributed by atoms with van der Waals surface area (Å²) in [5.41, 5.74) is 2.19. The van der Waals surface area contributed by atoms with Gasteiger partial charge in [0.25, 0.3) is 11.8 Å². The number of fused-ring (bicyclic) bond motifs is 1. The van der Waals surface area contributed by atoms with Gasteiger partial charge in [-0.1, -0.05) is 24.3 Å². The summed E-state index contributed by atoms with van der Waals surface area (Å²) in [5.74, 6) is 2.64. The molecule has 5 rings (SSSR count). The minimum atomic E-state index is -0.766. The minimum absolute atomic E-state index is 0.120. The van der Waals surface area contributed by atoms with Crippen LogP contribution in [0.25, 0.3) is 11.5 Å². The van der Waals surface area contributed by atoms with E-state index in [1.54, 1.807) is 51.1 Å². The summed E-state index contributed by atoms with van der Waals surface area (Å²) in [7, 11) is 0. The van der Waals surface area contributed by atoms with Crippen LogP contribution in [-0.4, -0.2) is 29.5 Å². The van der Waals surface area contributed by atoms with Crippen molar-refractivity contribution in [1.82, 2.24) is 10.3 Å². The largest absolute Gasteiger partial charge is 0.485 e. The molecule has 2 N–H and O–H groups in total. The van der Waals surface area contributed by atoms with E-state index >= 15 is 0 Å². The molecule has 1 aliphatic heterocycles. The van der Waals surface area contributed by atoms with E-state index in [9.17, 15) is 9.59 Å². The Morgan fingerprint density at radius 1 is 0.972 bits per heavy atom. The van der Waals surface area contributed by atoms with Gasteiger partial charge in [0.2, 0.25) is 12.0 Å². The number of hydrogen-bond donors (Lipinski definition) is 2. The van der Waals surface area contributed by atoms with E-state index in [1.807, 2.05) is 24.3 Å². The monoisotopic (exact) mass is 487 g/mol. The number of furan rings is 1. The number of para-hydroxylation sites is 3. The predicted octanol–water partition coefficient (Wildman–Crippen LogP) is 4.57. The maximum atomic E-state index is 12.8. The zero-order valence-corrected chi connectivity index (χ0v) is 20.1. The molecule has 0 bridgehead atoms. The van der Waals surface area contributed by atoms with Crippen LogP contribution in [0.4, 0.5) is 5.69 Å². The van der Waals surface area contributed by atoms with Crippen molar-refractivity contribution in [2.45, 2.75) is 33.4 Å². The second-order valence-corrected chi connectivity index (χ2v) is 8.43. The van der Waals surface area contributed by atoms with Crippen LogP contribution >= 0.6 is 0 Å². The SMILES string of the molecule is Cc1cc(C(=O)Nc2ccccc2-c2nc(CNC(=O)[C@@H]3COc4ccccc4O3)c(C)o2)c(C)o1. The highest BCUT2D eigenvalue weighted by molar-refractivity contribution is 6.06. The van der Waals surface area contributed by atoms with Crippen LogP contribution < -0.4 is 20.1 Å². The van der Waals surface area contributed by atoms with Gasteiger partial charge >= 0.3 is 0 Å². The normalized spacial score (nSPS) is 14.4. The molecule has 0 saturated carbocycles. The Morgan fingerprint density at radius 2 is 1.72 bits per heavy atom. The predicted molar refractivity (Wildman–Crippen MR) is 131 cm³/mol. The lowest BCUT2D eigenvalue weighted by molar-refractivity contribution is -0.130. The van der Waals surface area contributed by atoms with Crippen molar-refractivity contribution < 1.29 is 27.9 Å². The number of anilines is 1. The van der Waals surface area contributed by atoms with E-state index in [2.05, 4.69) is 15.6 Å². The Kier molecular flexibility index (Phi) is 6.20. The van der Waals surface area contributed by atoms with Gasteiger partial charge in [0.15, 0.2) is 11.5 Å². The molecular weight excluding hydrogens is 462 g/mol. The van der Waals surface area contributed by atoms with Crippen molar-refractivity contribution in [2.24, 2.45) is 0 Å². The van der Waals surface area contributed by atoms with Gasteiger partial charge in [0, 0.05) is 0 Å². The first kappa shape index (κ1) is 23.2. The zero-order valence-electron chi connectivity index (χ0n) is 20.1. The number of ether oxygens (including phenoxy) is 2. The molecule has 4 aromatic rings. The molecule has 3 heterocycles. The first-order valence-corrected chi connectivity index (χ1v) is 11.5. The third-order valence-electron chi connectivity index (χ3n) is 5.82. The third-order valence-corrected chi connectivity index (χ3v) is 5.82. The summed E-state index contributed by atoms with van der Waals surface area (Å²) < 4.78 is 22.7. The summed E-state index contributed by atoms with van der Waals surface area (Å²) in [5, 5.41) is 5.75. The Bertz CT molecular complexity index is 1440. The summed E-state index contributed by atoms with van der Waals surface area (Å²) in [6.45, 7) is 5.58. The Morgan fingerprint density at radius 3 is 2.50 bits per heavy atom. The van der Waals surface area contributed by atoms with E-state index in [0.717, 1.165) is 0 Å². The lowest BCUT2D eigenvalue weighted by Gasteiger charge is -2.25. The van der Waals surface area contributed by atoms with E-state index in [-0.39, 0.29) is 25.0 Å². The van der Waals surface area contributed by atoms with Crippen LogP contribution in [0.3, 0.4) is 0 Å². The molecule has 9 heteroatoms. The lowest BCUT2D eigenvalue weighted by atomic mass is 10.1. The summed E-state index contributed by atoms with van der Waals surface area (Å²) in [6, 6.07) is 16.1. The molecule has 0 fully saturated rings. The maximum Gasteiger partial charge on any atom is 0.265 e. The average molecular weight is 488 g/mol. The number of aryl methyl sites for hydroxylation is 3. The molecule has 1 aliphatic rings. The number of carbonyl (C=O) groups excluding carboxylic acids is 2. The summed E-state index contributed by atoms with van der Waals surface area (Å²) >= 11 is 0. The van der Waals surface area contributed by atoms with Gasteiger partial charge in [0.05, 0.1) is 23.4 Å². The lowest BCUT2D eigenvalue weighted by Crippen LogP contribution is -2.43. The number of rotatable bonds is 6. The smallest absolute Gasteiger partial charge is 0.265 e. The highest BCUT2D eigenvalue weighted by Crippen LogP contribution is 2.31. The molecule has 0 spiro atoms. The summed E-state index contributed by atoms with van der Waals surface area (Å²) in [6.07, 6.45) is -0.766. The van der Waals surface area contributed by atoms with Crippen molar-refractivity contribution in [3.63, 3.8) is 0 Å². The Labute approximate surface area is 207 Å². The number of aromatic nitrogens is 1. The van der Waals surface area contributed by atoms with Crippen LogP contribution in [0.1, 0.15) is 33.3 Å². The van der Waals surface area contributed by atoms with E-state index in [1.165, 1.54) is 0 Å². The van der Waals surface area contributed by atoms with Crippen LogP contribution in [0.5, 0.6) is 11.5 Å². The van der Waals surface area contributed by atoms with Gasteiger partial charge in [-0.15, -0.1) is 0 Å². The number of nitrogens with zero attached hydrogens (tertiary/aromatic N) is 1. The molecule has 0 saturated heterocycles. The highest BCUT2D eigenvalue weighted by atomic mass is 16.6. The quantitative estimate of drug-likeness (QED) is 0.409. The molecular formula is C27H25N3O6. The molecule has 2 amide bonds. The number of amides is 2. The molecule has 1 atom stereocenters. The molecule has 9 nitrogen and oxygen atoms in total. The van der Waals surface area contributed by atoms with Gasteiger partial charge in [-0.3, -0.25) is 9.59 Å². The Balaban J connectivity index is 1.28. The fourth-order valence-corrected chi connectivity index (χ4v) is 3.97. The minimum Gasteiger partial charge on any atom is -0.485 e. The van der Waals surface area contributed by atoms with Gasteiger partial charge in [-0.2, -0.15) is 0 Å². The first-order chi connectivity index (χ1) is 17.4. The van der Waals surface area contributed by atoms with E-state index in [0.29, 0.717) is 57.2 Å². The third kappa shape index (κ3) is 4.68. The van der Waals surface area contributed by atoms with Gasteiger partial charge < -0.3 is 28.9 Å². The zero-order chi connectivity index (χ0) is 25.2. The molecule has 184 valence electrons. The molecule has 36 heavy (non-hydrogen) atoms. The highest BCUT2D eigenvalue weighted by Gasteiger charge is 2.27. The fraction of sp³-hybridized carbons (Fsp3) is 0.222. The molecule has 2 aromatic carbocycles. The van der Waals surface area contributed by atoms with Crippen molar-refractivity contribution in [2.75, 3.05) is 11.9 Å². The molecule has 2 aromatic heterocycles. The van der Waals surface area contributed by atoms with Crippen molar-refractivity contribution in [3.05, 3.63) is 83.1 Å². The Hall–Kier alpha value is -4.53. The number of hydrogen-bond acceptors (Lipinski definition) is 7. The van der Waals surface area contributed by atoms with Crippen LogP contribution in [0.15, 0.2) is 63.4 Å². The second-order valence-electron chi connectivity index (χ2n) is 8.43. The number of nitrogens with one attached hydrogen (secondary N) is 2. The number of benzene rings is 2. The van der Waals surface area contributed by atoms with Gasteiger partial charge in [0.1, 0.15) is 29.6 Å². The maximum absolute atomic E-state index is 12.8. The second kappa shape index (κ2) is 9.61. The van der Waals surface area contributed by atoms with Crippen molar-refractivity contribution in [3.8, 4) is 23.0 Å². The number of carbonyl (C=O) groups is 2.